The molecule has 35 heavy (non-hydrogen) atoms. The van der Waals surface area contributed by atoms with Gasteiger partial charge in [-0.15, -0.1) is 0 Å². The number of fused-ring (bicyclic) bond motifs is 3. The molecule has 0 saturated carbocycles. The van der Waals surface area contributed by atoms with Crippen molar-refractivity contribution >= 4 is 28.8 Å². The number of anilines is 2. The van der Waals surface area contributed by atoms with Gasteiger partial charge in [0.05, 0.1) is 7.11 Å². The number of piperidine rings is 1. The monoisotopic (exact) mass is 486 g/mol. The van der Waals surface area contributed by atoms with Crippen LogP contribution in [0.3, 0.4) is 0 Å². The summed E-state index contributed by atoms with van der Waals surface area (Å²) in [6.45, 7) is 3.81. The molecule has 7 nitrogen and oxygen atoms in total. The van der Waals surface area contributed by atoms with Crippen molar-refractivity contribution in [3.63, 3.8) is 0 Å². The summed E-state index contributed by atoms with van der Waals surface area (Å²) in [6, 6.07) is 16.2. The van der Waals surface area contributed by atoms with Gasteiger partial charge in [-0.25, -0.2) is 9.98 Å². The molecule has 0 unspecified atom stereocenters. The number of nitrogens with one attached hydrogen (secondary N) is 1. The SMILES string of the molecule is COc1cc(N2CCCCC2)ccc1N=c1ncc2cc(-c3ccccc3Cl)c3n(c-2n1)CCN3. The van der Waals surface area contributed by atoms with Crippen LogP contribution in [0.2, 0.25) is 5.02 Å². The van der Waals surface area contributed by atoms with Crippen molar-refractivity contribution in [2.24, 2.45) is 4.99 Å². The highest BCUT2D eigenvalue weighted by Gasteiger charge is 2.23. The van der Waals surface area contributed by atoms with Crippen molar-refractivity contribution in [3.8, 4) is 28.3 Å². The molecule has 8 heteroatoms. The number of hydrogen-bond acceptors (Lipinski definition) is 6. The van der Waals surface area contributed by atoms with Gasteiger partial charge >= 0.3 is 0 Å². The van der Waals surface area contributed by atoms with E-state index in [0.717, 1.165) is 71.0 Å². The van der Waals surface area contributed by atoms with E-state index in [0.29, 0.717) is 5.62 Å². The van der Waals surface area contributed by atoms with Crippen molar-refractivity contribution in [3.05, 3.63) is 65.4 Å². The Bertz CT molecular complexity index is 1430. The quantitative estimate of drug-likeness (QED) is 0.420. The highest BCUT2D eigenvalue weighted by atomic mass is 35.5. The lowest BCUT2D eigenvalue weighted by atomic mass is 10.0. The lowest BCUT2D eigenvalue weighted by molar-refractivity contribution is 0.415. The highest BCUT2D eigenvalue weighted by molar-refractivity contribution is 6.33. The van der Waals surface area contributed by atoms with Crippen LogP contribution in [0.5, 0.6) is 5.75 Å². The first-order chi connectivity index (χ1) is 17.2. The molecule has 4 aliphatic heterocycles. The lowest BCUT2D eigenvalue weighted by Crippen LogP contribution is -2.29. The fourth-order valence-corrected chi connectivity index (χ4v) is 5.25. The molecule has 0 spiro atoms. The van der Waals surface area contributed by atoms with E-state index in [-0.39, 0.29) is 0 Å². The molecule has 4 heterocycles. The number of ether oxygens (including phenoxy) is 1. The topological polar surface area (TPSA) is 67.6 Å². The van der Waals surface area contributed by atoms with E-state index >= 15 is 0 Å². The summed E-state index contributed by atoms with van der Waals surface area (Å²) in [5.74, 6) is 2.59. The fraction of sp³-hybridized carbons (Fsp3) is 0.296. The fourth-order valence-electron chi connectivity index (χ4n) is 5.01. The third-order valence-corrected chi connectivity index (χ3v) is 7.09. The summed E-state index contributed by atoms with van der Waals surface area (Å²) in [5.41, 5.74) is 5.28. The average molecular weight is 487 g/mol. The van der Waals surface area contributed by atoms with Gasteiger partial charge in [0.15, 0.2) is 0 Å². The van der Waals surface area contributed by atoms with E-state index < -0.39 is 0 Å². The zero-order valence-corrected chi connectivity index (χ0v) is 20.4. The summed E-state index contributed by atoms with van der Waals surface area (Å²) in [7, 11) is 1.68. The standard InChI is InChI=1S/C27H27ClN6O/c1-35-24-16-19(33-12-5-2-6-13-33)9-10-23(24)31-27-30-17-18-15-21(20-7-3-4-8-22(20)28)26-29-11-14-34(26)25(18)32-27/h3-4,7-10,15-17,29H,2,5-6,11-14H2,1H3. The summed E-state index contributed by atoms with van der Waals surface area (Å²) >= 11 is 6.52. The molecule has 6 rings (SSSR count). The second kappa shape index (κ2) is 9.23. The van der Waals surface area contributed by atoms with Crippen molar-refractivity contribution < 1.29 is 4.74 Å². The minimum Gasteiger partial charge on any atom is -0.494 e. The Labute approximate surface area is 209 Å². The molecule has 1 fully saturated rings. The minimum atomic E-state index is 0.411. The van der Waals surface area contributed by atoms with Gasteiger partial charge in [-0.1, -0.05) is 29.8 Å². The summed E-state index contributed by atoms with van der Waals surface area (Å²) in [6.07, 6.45) is 5.60. The second-order valence-electron chi connectivity index (χ2n) is 8.93. The molecule has 0 atom stereocenters. The van der Waals surface area contributed by atoms with Gasteiger partial charge in [0.25, 0.3) is 5.62 Å². The normalized spacial score (nSPS) is 15.8. The minimum absolute atomic E-state index is 0.411. The third kappa shape index (κ3) is 4.10. The Morgan fingerprint density at radius 2 is 1.86 bits per heavy atom. The Morgan fingerprint density at radius 3 is 2.69 bits per heavy atom. The molecule has 178 valence electrons. The first-order valence-corrected chi connectivity index (χ1v) is 12.5. The highest BCUT2D eigenvalue weighted by Crippen LogP contribution is 2.39. The van der Waals surface area contributed by atoms with E-state index in [9.17, 15) is 0 Å². The van der Waals surface area contributed by atoms with E-state index in [2.05, 4.69) is 38.0 Å². The van der Waals surface area contributed by atoms with Gasteiger partial charge in [-0.2, -0.15) is 4.98 Å². The molecule has 1 N–H and O–H groups in total. The van der Waals surface area contributed by atoms with E-state index in [1.807, 2.05) is 36.5 Å². The van der Waals surface area contributed by atoms with Crippen LogP contribution in [0.25, 0.3) is 22.5 Å². The summed E-state index contributed by atoms with van der Waals surface area (Å²) in [4.78, 5) is 16.6. The van der Waals surface area contributed by atoms with Crippen LogP contribution in [-0.4, -0.2) is 41.3 Å². The number of nitrogens with zero attached hydrogens (tertiary/aromatic N) is 5. The lowest BCUT2D eigenvalue weighted by Gasteiger charge is -2.29. The zero-order chi connectivity index (χ0) is 23.8. The van der Waals surface area contributed by atoms with E-state index in [1.54, 1.807) is 7.11 Å². The number of hydrogen-bond donors (Lipinski definition) is 1. The number of rotatable bonds is 4. The van der Waals surface area contributed by atoms with Crippen LogP contribution in [0, 0.1) is 0 Å². The predicted molar refractivity (Wildman–Crippen MR) is 140 cm³/mol. The van der Waals surface area contributed by atoms with Crippen LogP contribution in [0.15, 0.2) is 59.7 Å². The smallest absolute Gasteiger partial charge is 0.252 e. The molecule has 1 saturated heterocycles. The Morgan fingerprint density at radius 1 is 1.00 bits per heavy atom. The number of benzene rings is 2. The molecule has 4 aliphatic rings. The number of methoxy groups -OCH3 is 1. The Kier molecular flexibility index (Phi) is 5.78. The number of pyridine rings is 1. The van der Waals surface area contributed by atoms with Gasteiger partial charge in [-0.05, 0) is 43.5 Å². The van der Waals surface area contributed by atoms with Gasteiger partial charge < -0.3 is 19.5 Å². The van der Waals surface area contributed by atoms with Crippen LogP contribution >= 0.6 is 11.6 Å². The van der Waals surface area contributed by atoms with E-state index in [1.165, 1.54) is 24.9 Å². The van der Waals surface area contributed by atoms with Crippen LogP contribution < -0.4 is 20.6 Å². The van der Waals surface area contributed by atoms with Crippen molar-refractivity contribution in [1.29, 1.82) is 0 Å². The van der Waals surface area contributed by atoms with Crippen molar-refractivity contribution in [1.82, 2.24) is 14.5 Å². The first kappa shape index (κ1) is 21.9. The van der Waals surface area contributed by atoms with Gasteiger partial charge in [0.1, 0.15) is 23.1 Å². The van der Waals surface area contributed by atoms with E-state index in [4.69, 9.17) is 26.3 Å². The Balaban J connectivity index is 1.42. The maximum absolute atomic E-state index is 6.52. The van der Waals surface area contributed by atoms with Gasteiger partial charge in [-0.3, -0.25) is 0 Å². The molecule has 0 aromatic heterocycles. The predicted octanol–water partition coefficient (Wildman–Crippen LogP) is 5.36. The van der Waals surface area contributed by atoms with Crippen molar-refractivity contribution in [2.45, 2.75) is 25.8 Å². The van der Waals surface area contributed by atoms with Gasteiger partial charge in [0.2, 0.25) is 0 Å². The van der Waals surface area contributed by atoms with Crippen LogP contribution in [0.4, 0.5) is 17.2 Å². The Hall–Kier alpha value is -3.58. The average Bonchev–Trinajstić information content (AvgIpc) is 3.40. The maximum atomic E-state index is 6.52. The van der Waals surface area contributed by atoms with Crippen molar-refractivity contribution in [2.75, 3.05) is 37.0 Å². The van der Waals surface area contributed by atoms with Crippen LogP contribution in [-0.2, 0) is 6.54 Å². The zero-order valence-electron chi connectivity index (χ0n) is 19.7. The maximum Gasteiger partial charge on any atom is 0.252 e. The molecule has 2 aromatic carbocycles. The molecule has 0 bridgehead atoms. The first-order valence-electron chi connectivity index (χ1n) is 12.1. The molecule has 0 radical (unpaired) electrons. The molecular weight excluding hydrogens is 460 g/mol. The largest absolute Gasteiger partial charge is 0.494 e. The molecule has 0 aliphatic carbocycles. The number of aromatic nitrogens is 3. The van der Waals surface area contributed by atoms with Crippen LogP contribution in [0.1, 0.15) is 19.3 Å². The second-order valence-corrected chi connectivity index (χ2v) is 9.34. The molecule has 2 aromatic rings. The molecular formula is C27H27ClN6O. The summed E-state index contributed by atoms with van der Waals surface area (Å²) < 4.78 is 7.87. The number of halogens is 1. The molecule has 0 amide bonds. The third-order valence-electron chi connectivity index (χ3n) is 6.76. The summed E-state index contributed by atoms with van der Waals surface area (Å²) in [5, 5.41) is 4.22. The van der Waals surface area contributed by atoms with Gasteiger partial charge in [0, 0.05) is 65.8 Å².